The number of anilines is 3. The minimum atomic E-state index is -0.0613. The molecule has 0 aliphatic carbocycles. The normalized spacial score (nSPS) is 14.5. The third-order valence-electron chi connectivity index (χ3n) is 5.48. The van der Waals surface area contributed by atoms with Crippen LogP contribution in [-0.4, -0.2) is 54.3 Å². The summed E-state index contributed by atoms with van der Waals surface area (Å²) in [6, 6.07) is 20.5. The molecule has 2 heterocycles. The number of nitrogens with two attached hydrogens (primary N) is 1. The van der Waals surface area contributed by atoms with Crippen LogP contribution in [0.1, 0.15) is 23.6 Å². The molecule has 0 amide bonds. The quantitative estimate of drug-likeness (QED) is 0.459. The zero-order chi connectivity index (χ0) is 21.3. The van der Waals surface area contributed by atoms with E-state index < -0.39 is 0 Å². The molecular weight excluding hydrogens is 388 g/mol. The number of ether oxygens (including phenoxy) is 1. The highest BCUT2D eigenvalue weighted by Crippen LogP contribution is 2.30. The third kappa shape index (κ3) is 5.71. The van der Waals surface area contributed by atoms with E-state index in [2.05, 4.69) is 49.8 Å². The van der Waals surface area contributed by atoms with Gasteiger partial charge in [0.2, 0.25) is 0 Å². The van der Waals surface area contributed by atoms with Gasteiger partial charge in [-0.3, -0.25) is 4.90 Å². The summed E-state index contributed by atoms with van der Waals surface area (Å²) in [7, 11) is 0. The molecule has 1 aliphatic rings. The summed E-state index contributed by atoms with van der Waals surface area (Å²) in [5.74, 6) is 1.29. The highest BCUT2D eigenvalue weighted by molar-refractivity contribution is 5.74. The van der Waals surface area contributed by atoms with Crippen LogP contribution in [-0.2, 0) is 4.74 Å². The van der Waals surface area contributed by atoms with Crippen molar-refractivity contribution < 1.29 is 4.74 Å². The summed E-state index contributed by atoms with van der Waals surface area (Å²) < 4.78 is 5.40. The molecule has 0 atom stereocenters. The van der Waals surface area contributed by atoms with Crippen molar-refractivity contribution in [3.05, 3.63) is 78.1 Å². The van der Waals surface area contributed by atoms with E-state index in [1.54, 1.807) is 6.33 Å². The molecule has 0 saturated carbocycles. The molecule has 4 rings (SSSR count). The molecular formula is C24H30N6O. The zero-order valence-corrected chi connectivity index (χ0v) is 17.7. The largest absolute Gasteiger partial charge is 0.393 e. The summed E-state index contributed by atoms with van der Waals surface area (Å²) in [4.78, 5) is 11.2. The third-order valence-corrected chi connectivity index (χ3v) is 5.48. The van der Waals surface area contributed by atoms with Crippen LogP contribution >= 0.6 is 0 Å². The van der Waals surface area contributed by atoms with Crippen molar-refractivity contribution in [2.24, 2.45) is 0 Å². The molecule has 4 N–H and O–H groups in total. The molecule has 7 nitrogen and oxygen atoms in total. The predicted molar refractivity (Wildman–Crippen MR) is 125 cm³/mol. The molecule has 0 spiro atoms. The molecule has 1 fully saturated rings. The maximum atomic E-state index is 6.44. The zero-order valence-electron chi connectivity index (χ0n) is 17.7. The summed E-state index contributed by atoms with van der Waals surface area (Å²) in [5, 5.41) is 6.90. The number of hydrogen-bond donors (Lipinski definition) is 3. The number of benzene rings is 2. The van der Waals surface area contributed by atoms with Crippen molar-refractivity contribution in [2.45, 2.75) is 12.5 Å². The lowest BCUT2D eigenvalue weighted by Gasteiger charge is -2.26. The van der Waals surface area contributed by atoms with E-state index in [1.165, 1.54) is 0 Å². The van der Waals surface area contributed by atoms with E-state index in [-0.39, 0.29) is 6.04 Å². The fourth-order valence-corrected chi connectivity index (χ4v) is 3.77. The molecule has 0 bridgehead atoms. The number of nitrogen functional groups attached to an aromatic ring is 1. The molecule has 3 aromatic rings. The van der Waals surface area contributed by atoms with Crippen LogP contribution in [0, 0.1) is 0 Å². The monoisotopic (exact) mass is 418 g/mol. The van der Waals surface area contributed by atoms with Crippen LogP contribution in [0.3, 0.4) is 0 Å². The highest BCUT2D eigenvalue weighted by atomic mass is 16.5. The smallest absolute Gasteiger partial charge is 0.155 e. The van der Waals surface area contributed by atoms with E-state index >= 15 is 0 Å². The Kier molecular flexibility index (Phi) is 7.31. The van der Waals surface area contributed by atoms with Crippen molar-refractivity contribution in [1.29, 1.82) is 0 Å². The van der Waals surface area contributed by atoms with E-state index in [9.17, 15) is 0 Å². The Bertz CT molecular complexity index is 892. The lowest BCUT2D eigenvalue weighted by Crippen LogP contribution is -2.37. The maximum Gasteiger partial charge on any atom is 0.155 e. The minimum Gasteiger partial charge on any atom is -0.393 e. The molecule has 1 saturated heterocycles. The second-order valence-corrected chi connectivity index (χ2v) is 7.62. The van der Waals surface area contributed by atoms with Crippen LogP contribution in [0.2, 0.25) is 0 Å². The van der Waals surface area contributed by atoms with Gasteiger partial charge in [0.1, 0.15) is 12.0 Å². The first kappa shape index (κ1) is 21.1. The Morgan fingerprint density at radius 2 is 1.52 bits per heavy atom. The van der Waals surface area contributed by atoms with Gasteiger partial charge in [0, 0.05) is 19.6 Å². The Labute approximate surface area is 183 Å². The highest BCUT2D eigenvalue weighted by Gasteiger charge is 2.17. The minimum absolute atomic E-state index is 0.0613. The van der Waals surface area contributed by atoms with E-state index in [1.807, 2.05) is 36.4 Å². The Hall–Kier alpha value is -3.16. The van der Waals surface area contributed by atoms with Crippen molar-refractivity contribution >= 4 is 17.3 Å². The number of hydrogen-bond acceptors (Lipinski definition) is 7. The summed E-state index contributed by atoms with van der Waals surface area (Å²) in [6.45, 7) is 5.50. The number of nitrogens with one attached hydrogen (secondary N) is 2. The van der Waals surface area contributed by atoms with E-state index in [0.717, 1.165) is 56.9 Å². The van der Waals surface area contributed by atoms with Crippen molar-refractivity contribution in [2.75, 3.05) is 55.8 Å². The van der Waals surface area contributed by atoms with Gasteiger partial charge in [0.25, 0.3) is 0 Å². The topological polar surface area (TPSA) is 88.3 Å². The van der Waals surface area contributed by atoms with E-state index in [4.69, 9.17) is 10.5 Å². The molecule has 0 radical (unpaired) electrons. The second-order valence-electron chi connectivity index (χ2n) is 7.62. The molecule has 2 aromatic carbocycles. The molecule has 1 aromatic heterocycles. The van der Waals surface area contributed by atoms with Gasteiger partial charge in [0.15, 0.2) is 11.6 Å². The summed E-state index contributed by atoms with van der Waals surface area (Å²) in [6.07, 6.45) is 2.57. The van der Waals surface area contributed by atoms with Crippen LogP contribution < -0.4 is 16.4 Å². The van der Waals surface area contributed by atoms with E-state index in [0.29, 0.717) is 17.3 Å². The number of nitrogens with zero attached hydrogens (tertiary/aromatic N) is 3. The van der Waals surface area contributed by atoms with Crippen LogP contribution in [0.25, 0.3) is 0 Å². The lowest BCUT2D eigenvalue weighted by molar-refractivity contribution is 0.0378. The molecule has 0 unspecified atom stereocenters. The van der Waals surface area contributed by atoms with Gasteiger partial charge >= 0.3 is 0 Å². The SMILES string of the molecule is Nc1c(NCCCN2CCOCC2)ncnc1NC(c1ccccc1)c1ccccc1. The van der Waals surface area contributed by atoms with Crippen LogP contribution in [0.4, 0.5) is 17.3 Å². The van der Waals surface area contributed by atoms with Gasteiger partial charge in [-0.2, -0.15) is 0 Å². The predicted octanol–water partition coefficient (Wildman–Crippen LogP) is 3.39. The fourth-order valence-electron chi connectivity index (χ4n) is 3.77. The average molecular weight is 419 g/mol. The van der Waals surface area contributed by atoms with Gasteiger partial charge in [-0.1, -0.05) is 60.7 Å². The number of rotatable bonds is 9. The Morgan fingerprint density at radius 1 is 0.903 bits per heavy atom. The van der Waals surface area contributed by atoms with Crippen LogP contribution in [0.5, 0.6) is 0 Å². The molecule has 162 valence electrons. The Morgan fingerprint density at radius 3 is 2.16 bits per heavy atom. The van der Waals surface area contributed by atoms with Crippen molar-refractivity contribution in [3.63, 3.8) is 0 Å². The number of morpholine rings is 1. The lowest BCUT2D eigenvalue weighted by atomic mass is 9.99. The second kappa shape index (κ2) is 10.7. The summed E-state index contributed by atoms with van der Waals surface area (Å²) >= 11 is 0. The molecule has 31 heavy (non-hydrogen) atoms. The fraction of sp³-hybridized carbons (Fsp3) is 0.333. The first-order valence-electron chi connectivity index (χ1n) is 10.8. The van der Waals surface area contributed by atoms with Crippen LogP contribution in [0.15, 0.2) is 67.0 Å². The maximum absolute atomic E-state index is 6.44. The van der Waals surface area contributed by atoms with Crippen molar-refractivity contribution in [3.8, 4) is 0 Å². The van der Waals surface area contributed by atoms with Gasteiger partial charge in [0.05, 0.1) is 19.3 Å². The van der Waals surface area contributed by atoms with Gasteiger partial charge in [-0.25, -0.2) is 9.97 Å². The molecule has 7 heteroatoms. The summed E-state index contributed by atoms with van der Waals surface area (Å²) in [5.41, 5.74) is 9.26. The average Bonchev–Trinajstić information content (AvgIpc) is 2.84. The van der Waals surface area contributed by atoms with Crippen molar-refractivity contribution in [1.82, 2.24) is 14.9 Å². The first-order valence-corrected chi connectivity index (χ1v) is 10.8. The Balaban J connectivity index is 1.43. The van der Waals surface area contributed by atoms with Gasteiger partial charge in [-0.05, 0) is 24.1 Å². The number of aromatic nitrogens is 2. The standard InChI is InChI=1S/C24H30N6O/c25-21-23(26-12-7-13-30-14-16-31-17-15-30)27-18-28-24(21)29-22(19-8-3-1-4-9-19)20-10-5-2-6-11-20/h1-6,8-11,18,22H,7,12-17,25H2,(H2,26,27,28,29). The molecule has 1 aliphatic heterocycles. The van der Waals surface area contributed by atoms with Gasteiger partial charge < -0.3 is 21.1 Å². The first-order chi connectivity index (χ1) is 15.3. The van der Waals surface area contributed by atoms with Gasteiger partial charge in [-0.15, -0.1) is 0 Å².